The van der Waals surface area contributed by atoms with Crippen molar-refractivity contribution >= 4 is 23.6 Å². The van der Waals surface area contributed by atoms with E-state index in [9.17, 15) is 19.2 Å². The number of ether oxygens (including phenoxy) is 3. The molecule has 9 heteroatoms. The van der Waals surface area contributed by atoms with Crippen LogP contribution in [0.3, 0.4) is 0 Å². The van der Waals surface area contributed by atoms with E-state index < -0.39 is 29.7 Å². The van der Waals surface area contributed by atoms with Gasteiger partial charge in [-0.15, -0.1) is 0 Å². The van der Waals surface area contributed by atoms with Crippen LogP contribution in [-0.2, 0) is 19.1 Å². The summed E-state index contributed by atoms with van der Waals surface area (Å²) in [6, 6.07) is 3.66. The highest BCUT2D eigenvalue weighted by molar-refractivity contribution is 6.23. The fourth-order valence-electron chi connectivity index (χ4n) is 3.31. The number of hydrogen-bond acceptors (Lipinski definition) is 7. The second-order valence-corrected chi connectivity index (χ2v) is 6.55. The predicted octanol–water partition coefficient (Wildman–Crippen LogP) is 0.866. The van der Waals surface area contributed by atoms with Gasteiger partial charge in [0.2, 0.25) is 11.8 Å². The van der Waals surface area contributed by atoms with Crippen LogP contribution in [0.25, 0.3) is 0 Å². The third kappa shape index (κ3) is 3.90. The molecule has 0 bridgehead atoms. The second-order valence-electron chi connectivity index (χ2n) is 6.55. The Morgan fingerprint density at radius 2 is 1.82 bits per heavy atom. The van der Waals surface area contributed by atoms with E-state index in [2.05, 4.69) is 5.32 Å². The van der Waals surface area contributed by atoms with Crippen LogP contribution in [0, 0.1) is 0 Å². The number of nitrogens with zero attached hydrogens (tertiary/aromatic N) is 1. The standard InChI is InChI=1S/C19H22N2O7/c1-26-16(27-2)4-3-9-28-11-5-6-12-13(10-11)19(25)21(18(12)24)14-7-8-15(22)20-17(14)23/h5-6,10,14,16H,3-4,7-9H2,1-2H3,(H,20,22,23). The smallest absolute Gasteiger partial charge is 0.262 e. The summed E-state index contributed by atoms with van der Waals surface area (Å²) < 4.78 is 15.9. The van der Waals surface area contributed by atoms with Gasteiger partial charge in [-0.2, -0.15) is 0 Å². The van der Waals surface area contributed by atoms with Crippen LogP contribution in [0.1, 0.15) is 46.4 Å². The lowest BCUT2D eigenvalue weighted by Crippen LogP contribution is -2.54. The van der Waals surface area contributed by atoms with Crippen LogP contribution in [0.15, 0.2) is 18.2 Å². The summed E-state index contributed by atoms with van der Waals surface area (Å²) in [5.41, 5.74) is 0.416. The van der Waals surface area contributed by atoms with E-state index in [1.54, 1.807) is 20.3 Å². The molecule has 1 N–H and O–H groups in total. The Balaban J connectivity index is 1.66. The van der Waals surface area contributed by atoms with Crippen molar-refractivity contribution in [3.8, 4) is 5.75 Å². The predicted molar refractivity (Wildman–Crippen MR) is 95.6 cm³/mol. The fourth-order valence-corrected chi connectivity index (χ4v) is 3.31. The highest BCUT2D eigenvalue weighted by atomic mass is 16.7. The van der Waals surface area contributed by atoms with Gasteiger partial charge in [-0.05, 0) is 31.0 Å². The summed E-state index contributed by atoms with van der Waals surface area (Å²) in [5.74, 6) is -1.68. The Morgan fingerprint density at radius 3 is 2.50 bits per heavy atom. The summed E-state index contributed by atoms with van der Waals surface area (Å²) in [4.78, 5) is 49.7. The summed E-state index contributed by atoms with van der Waals surface area (Å²) in [7, 11) is 3.12. The number of piperidine rings is 1. The van der Waals surface area contributed by atoms with Crippen LogP contribution in [0.4, 0.5) is 0 Å². The first kappa shape index (κ1) is 20.0. The Hall–Kier alpha value is -2.78. The molecular weight excluding hydrogens is 368 g/mol. The molecule has 4 amide bonds. The van der Waals surface area contributed by atoms with Crippen LogP contribution in [0.2, 0.25) is 0 Å². The molecule has 0 spiro atoms. The molecule has 0 radical (unpaired) electrons. The Morgan fingerprint density at radius 1 is 1.11 bits per heavy atom. The zero-order valence-corrected chi connectivity index (χ0v) is 15.7. The number of methoxy groups -OCH3 is 2. The average Bonchev–Trinajstić information content (AvgIpc) is 2.92. The summed E-state index contributed by atoms with van der Waals surface area (Å²) in [6.07, 6.45) is 1.24. The molecular formula is C19H22N2O7. The molecule has 1 unspecified atom stereocenters. The fraction of sp³-hybridized carbons (Fsp3) is 0.474. The molecule has 1 saturated heterocycles. The van der Waals surface area contributed by atoms with Crippen molar-refractivity contribution in [1.82, 2.24) is 10.2 Å². The molecule has 0 aliphatic carbocycles. The number of carbonyl (C=O) groups excluding carboxylic acids is 4. The van der Waals surface area contributed by atoms with E-state index in [-0.39, 0.29) is 30.3 Å². The van der Waals surface area contributed by atoms with Crippen LogP contribution < -0.4 is 10.1 Å². The van der Waals surface area contributed by atoms with Crippen molar-refractivity contribution in [2.45, 2.75) is 38.0 Å². The molecule has 1 fully saturated rings. The number of carbonyl (C=O) groups is 4. The lowest BCUT2D eigenvalue weighted by Gasteiger charge is -2.27. The zero-order chi connectivity index (χ0) is 20.3. The molecule has 150 valence electrons. The van der Waals surface area contributed by atoms with Gasteiger partial charge in [0, 0.05) is 27.1 Å². The minimum absolute atomic E-state index is 0.0854. The summed E-state index contributed by atoms with van der Waals surface area (Å²) >= 11 is 0. The van der Waals surface area contributed by atoms with Gasteiger partial charge in [0.25, 0.3) is 11.8 Å². The van der Waals surface area contributed by atoms with Gasteiger partial charge < -0.3 is 14.2 Å². The molecule has 3 rings (SSSR count). The van der Waals surface area contributed by atoms with Crippen molar-refractivity contribution in [3.63, 3.8) is 0 Å². The van der Waals surface area contributed by atoms with Gasteiger partial charge in [0.1, 0.15) is 11.8 Å². The largest absolute Gasteiger partial charge is 0.494 e. The monoisotopic (exact) mass is 390 g/mol. The highest BCUT2D eigenvalue weighted by Gasteiger charge is 2.44. The van der Waals surface area contributed by atoms with Gasteiger partial charge in [-0.1, -0.05) is 0 Å². The molecule has 28 heavy (non-hydrogen) atoms. The first-order chi connectivity index (χ1) is 13.5. The van der Waals surface area contributed by atoms with E-state index in [0.29, 0.717) is 25.2 Å². The van der Waals surface area contributed by atoms with E-state index in [0.717, 1.165) is 4.90 Å². The minimum Gasteiger partial charge on any atom is -0.494 e. The molecule has 0 saturated carbocycles. The lowest BCUT2D eigenvalue weighted by molar-refractivity contribution is -0.136. The van der Waals surface area contributed by atoms with Crippen molar-refractivity contribution in [1.29, 1.82) is 0 Å². The van der Waals surface area contributed by atoms with Crippen LogP contribution in [0.5, 0.6) is 5.75 Å². The maximum absolute atomic E-state index is 12.7. The summed E-state index contributed by atoms with van der Waals surface area (Å²) in [6.45, 7) is 0.390. The Kier molecular flexibility index (Phi) is 6.05. The number of hydrogen-bond donors (Lipinski definition) is 1. The van der Waals surface area contributed by atoms with E-state index >= 15 is 0 Å². The number of nitrogens with one attached hydrogen (secondary N) is 1. The SMILES string of the molecule is COC(CCCOc1ccc2c(c1)C(=O)N(C1CCC(=O)NC1=O)C2=O)OC. The van der Waals surface area contributed by atoms with Gasteiger partial charge in [-0.3, -0.25) is 29.4 Å². The molecule has 2 aliphatic heterocycles. The quantitative estimate of drug-likeness (QED) is 0.398. The maximum atomic E-state index is 12.7. The van der Waals surface area contributed by atoms with Crippen molar-refractivity contribution in [2.24, 2.45) is 0 Å². The Bertz CT molecular complexity index is 803. The van der Waals surface area contributed by atoms with Gasteiger partial charge in [0.15, 0.2) is 6.29 Å². The number of imide groups is 2. The number of benzene rings is 1. The van der Waals surface area contributed by atoms with Crippen molar-refractivity contribution in [3.05, 3.63) is 29.3 Å². The van der Waals surface area contributed by atoms with Gasteiger partial charge >= 0.3 is 0 Å². The van der Waals surface area contributed by atoms with Gasteiger partial charge in [0.05, 0.1) is 17.7 Å². The Labute approximate surface area is 161 Å². The molecule has 1 aromatic carbocycles. The molecule has 0 aromatic heterocycles. The normalized spacial score (nSPS) is 19.2. The molecule has 9 nitrogen and oxygen atoms in total. The van der Waals surface area contributed by atoms with E-state index in [1.165, 1.54) is 12.1 Å². The first-order valence-electron chi connectivity index (χ1n) is 9.00. The first-order valence-corrected chi connectivity index (χ1v) is 9.00. The lowest BCUT2D eigenvalue weighted by atomic mass is 10.0. The topological polar surface area (TPSA) is 111 Å². The third-order valence-corrected chi connectivity index (χ3v) is 4.79. The van der Waals surface area contributed by atoms with Crippen molar-refractivity contribution < 1.29 is 33.4 Å². The number of fused-ring (bicyclic) bond motifs is 1. The molecule has 1 atom stereocenters. The zero-order valence-electron chi connectivity index (χ0n) is 15.7. The van der Waals surface area contributed by atoms with Crippen LogP contribution in [-0.4, -0.2) is 61.7 Å². The average molecular weight is 390 g/mol. The highest BCUT2D eigenvalue weighted by Crippen LogP contribution is 2.30. The summed E-state index contributed by atoms with van der Waals surface area (Å²) in [5, 5.41) is 2.17. The number of amides is 4. The number of rotatable bonds is 8. The van der Waals surface area contributed by atoms with E-state index in [4.69, 9.17) is 14.2 Å². The van der Waals surface area contributed by atoms with Gasteiger partial charge in [-0.25, -0.2) is 0 Å². The van der Waals surface area contributed by atoms with Crippen molar-refractivity contribution in [2.75, 3.05) is 20.8 Å². The second kappa shape index (κ2) is 8.49. The molecule has 1 aromatic rings. The molecule has 2 heterocycles. The molecule has 2 aliphatic rings. The maximum Gasteiger partial charge on any atom is 0.262 e. The van der Waals surface area contributed by atoms with E-state index in [1.807, 2.05) is 0 Å². The minimum atomic E-state index is -0.977. The third-order valence-electron chi connectivity index (χ3n) is 4.79. The van der Waals surface area contributed by atoms with Crippen LogP contribution >= 0.6 is 0 Å².